The average molecular weight is 340 g/mol. The molecule has 1 atom stereocenters. The maximum Gasteiger partial charge on any atom is 0.243 e. The van der Waals surface area contributed by atoms with Crippen molar-refractivity contribution >= 4 is 15.9 Å². The van der Waals surface area contributed by atoms with E-state index >= 15 is 0 Å². The third-order valence-electron chi connectivity index (χ3n) is 4.05. The molecule has 1 saturated heterocycles. The number of carbonyl (C=O) groups excluding carboxylic acids is 1. The third kappa shape index (κ3) is 2.88. The molecule has 0 bridgehead atoms. The Labute approximate surface area is 135 Å². The van der Waals surface area contributed by atoms with Crippen molar-refractivity contribution in [3.8, 4) is 11.5 Å². The summed E-state index contributed by atoms with van der Waals surface area (Å²) >= 11 is 0. The number of hydrogen-bond acceptors (Lipinski definition) is 5. The van der Waals surface area contributed by atoms with Gasteiger partial charge in [0.2, 0.25) is 15.9 Å². The molecule has 0 unspecified atom stereocenters. The van der Waals surface area contributed by atoms with Crippen molar-refractivity contribution in [3.63, 3.8) is 0 Å². The van der Waals surface area contributed by atoms with Crippen molar-refractivity contribution in [1.29, 1.82) is 0 Å². The van der Waals surface area contributed by atoms with Crippen molar-refractivity contribution in [2.45, 2.75) is 23.8 Å². The molecule has 2 heterocycles. The van der Waals surface area contributed by atoms with Crippen LogP contribution in [0.15, 0.2) is 23.1 Å². The molecule has 1 aromatic carbocycles. The van der Waals surface area contributed by atoms with Crippen LogP contribution in [0.3, 0.4) is 0 Å². The lowest BCUT2D eigenvalue weighted by Crippen LogP contribution is -2.45. The highest BCUT2D eigenvalue weighted by Crippen LogP contribution is 2.34. The molecule has 0 aromatic heterocycles. The van der Waals surface area contributed by atoms with Gasteiger partial charge in [0, 0.05) is 26.7 Å². The molecule has 7 nitrogen and oxygen atoms in total. The van der Waals surface area contributed by atoms with E-state index in [1.165, 1.54) is 21.3 Å². The first-order chi connectivity index (χ1) is 10.9. The molecular weight excluding hydrogens is 320 g/mol. The molecule has 23 heavy (non-hydrogen) atoms. The zero-order valence-corrected chi connectivity index (χ0v) is 14.0. The van der Waals surface area contributed by atoms with E-state index < -0.39 is 16.1 Å². The number of carbonyl (C=O) groups is 1. The van der Waals surface area contributed by atoms with Gasteiger partial charge in [-0.25, -0.2) is 8.42 Å². The van der Waals surface area contributed by atoms with Gasteiger partial charge < -0.3 is 14.4 Å². The fourth-order valence-electron chi connectivity index (χ4n) is 2.89. The molecule has 0 radical (unpaired) electrons. The molecule has 2 aliphatic heterocycles. The zero-order chi connectivity index (χ0) is 16.6. The van der Waals surface area contributed by atoms with E-state index in [-0.39, 0.29) is 10.8 Å². The van der Waals surface area contributed by atoms with E-state index in [0.29, 0.717) is 44.1 Å². The summed E-state index contributed by atoms with van der Waals surface area (Å²) in [4.78, 5) is 13.8. The first kappa shape index (κ1) is 16.1. The quantitative estimate of drug-likeness (QED) is 0.809. The van der Waals surface area contributed by atoms with E-state index in [1.54, 1.807) is 20.2 Å². The fraction of sp³-hybridized carbons (Fsp3) is 0.533. The molecule has 126 valence electrons. The fourth-order valence-corrected chi connectivity index (χ4v) is 4.56. The number of rotatable bonds is 3. The molecule has 8 heteroatoms. The van der Waals surface area contributed by atoms with Gasteiger partial charge in [0.15, 0.2) is 11.5 Å². The molecule has 1 fully saturated rings. The summed E-state index contributed by atoms with van der Waals surface area (Å²) in [6.07, 6.45) is 1.22. The number of fused-ring (bicyclic) bond motifs is 1. The average Bonchev–Trinajstić information content (AvgIpc) is 3.03. The highest BCUT2D eigenvalue weighted by atomic mass is 32.2. The van der Waals surface area contributed by atoms with Crippen molar-refractivity contribution in [3.05, 3.63) is 18.2 Å². The summed E-state index contributed by atoms with van der Waals surface area (Å²) < 4.78 is 38.0. The maximum atomic E-state index is 12.9. The lowest BCUT2D eigenvalue weighted by Gasteiger charge is -2.26. The number of likely N-dealkylation sites (N-methyl/N-ethyl adjacent to an activating group) is 1. The van der Waals surface area contributed by atoms with Gasteiger partial charge in [0.25, 0.3) is 0 Å². The van der Waals surface area contributed by atoms with Crippen LogP contribution < -0.4 is 9.47 Å². The second kappa shape index (κ2) is 6.01. The van der Waals surface area contributed by atoms with Gasteiger partial charge in [-0.3, -0.25) is 4.79 Å². The SMILES string of the molecule is CN(C)C(=O)[C@H]1CCCN1S(=O)(=O)c1ccc2c(c1)OCCO2. The van der Waals surface area contributed by atoms with Crippen LogP contribution in [-0.4, -0.2) is 63.4 Å². The van der Waals surface area contributed by atoms with Crippen molar-refractivity contribution in [1.82, 2.24) is 9.21 Å². The first-order valence-electron chi connectivity index (χ1n) is 7.54. The van der Waals surface area contributed by atoms with Gasteiger partial charge in [0.05, 0.1) is 4.90 Å². The summed E-state index contributed by atoms with van der Waals surface area (Å²) in [6, 6.07) is 3.93. The smallest absolute Gasteiger partial charge is 0.243 e. The predicted octanol–water partition coefficient (Wildman–Crippen LogP) is 0.699. The van der Waals surface area contributed by atoms with Gasteiger partial charge in [-0.1, -0.05) is 0 Å². The molecule has 3 rings (SSSR count). The Kier molecular flexibility index (Phi) is 4.20. The second-order valence-corrected chi connectivity index (χ2v) is 7.70. The molecule has 0 N–H and O–H groups in total. The topological polar surface area (TPSA) is 76.2 Å². The van der Waals surface area contributed by atoms with Gasteiger partial charge in [-0.05, 0) is 25.0 Å². The minimum Gasteiger partial charge on any atom is -0.486 e. The minimum atomic E-state index is -3.75. The number of nitrogens with zero attached hydrogens (tertiary/aromatic N) is 2. The lowest BCUT2D eigenvalue weighted by atomic mass is 10.2. The number of benzene rings is 1. The van der Waals surface area contributed by atoms with E-state index in [4.69, 9.17) is 9.47 Å². The Morgan fingerprint density at radius 3 is 2.61 bits per heavy atom. The van der Waals surface area contributed by atoms with Crippen molar-refractivity contribution in [2.75, 3.05) is 33.9 Å². The molecule has 0 aliphatic carbocycles. The largest absolute Gasteiger partial charge is 0.486 e. The minimum absolute atomic E-state index is 0.125. The van der Waals surface area contributed by atoms with Crippen LogP contribution in [0.4, 0.5) is 0 Å². The Morgan fingerprint density at radius 1 is 1.22 bits per heavy atom. The van der Waals surface area contributed by atoms with E-state index in [9.17, 15) is 13.2 Å². The van der Waals surface area contributed by atoms with Crippen molar-refractivity contribution in [2.24, 2.45) is 0 Å². The van der Waals surface area contributed by atoms with Crippen LogP contribution in [0.5, 0.6) is 11.5 Å². The molecule has 0 spiro atoms. The van der Waals surface area contributed by atoms with Crippen LogP contribution >= 0.6 is 0 Å². The van der Waals surface area contributed by atoms with Crippen LogP contribution in [0, 0.1) is 0 Å². The van der Waals surface area contributed by atoms with Gasteiger partial charge in [-0.15, -0.1) is 0 Å². The van der Waals surface area contributed by atoms with Crippen LogP contribution in [-0.2, 0) is 14.8 Å². The molecular formula is C15H20N2O5S. The third-order valence-corrected chi connectivity index (χ3v) is 5.95. The normalized spacial score (nSPS) is 21.2. The van der Waals surface area contributed by atoms with Crippen molar-refractivity contribution < 1.29 is 22.7 Å². The summed E-state index contributed by atoms with van der Waals surface area (Å²) in [7, 11) is -0.481. The Hall–Kier alpha value is -1.80. The molecule has 0 saturated carbocycles. The van der Waals surface area contributed by atoms with Crippen LogP contribution in [0.1, 0.15) is 12.8 Å². The summed E-state index contributed by atoms with van der Waals surface area (Å²) in [5, 5.41) is 0. The number of ether oxygens (including phenoxy) is 2. The highest BCUT2D eigenvalue weighted by molar-refractivity contribution is 7.89. The summed E-state index contributed by atoms with van der Waals surface area (Å²) in [5.74, 6) is 0.771. The Morgan fingerprint density at radius 2 is 1.91 bits per heavy atom. The number of sulfonamides is 1. The monoisotopic (exact) mass is 340 g/mol. The Bertz CT molecular complexity index is 717. The Balaban J connectivity index is 1.93. The maximum absolute atomic E-state index is 12.9. The summed E-state index contributed by atoms with van der Waals surface area (Å²) in [5.41, 5.74) is 0. The number of amides is 1. The first-order valence-corrected chi connectivity index (χ1v) is 8.98. The van der Waals surface area contributed by atoms with Gasteiger partial charge in [-0.2, -0.15) is 4.31 Å². The molecule has 1 aromatic rings. The van der Waals surface area contributed by atoms with E-state index in [0.717, 1.165) is 0 Å². The number of hydrogen-bond donors (Lipinski definition) is 0. The summed E-state index contributed by atoms with van der Waals surface area (Å²) in [6.45, 7) is 1.19. The molecule has 1 amide bonds. The predicted molar refractivity (Wildman–Crippen MR) is 83.0 cm³/mol. The van der Waals surface area contributed by atoms with Gasteiger partial charge in [0.1, 0.15) is 19.3 Å². The second-order valence-electron chi connectivity index (χ2n) is 5.81. The van der Waals surface area contributed by atoms with Crippen LogP contribution in [0.2, 0.25) is 0 Å². The van der Waals surface area contributed by atoms with E-state index in [1.807, 2.05) is 0 Å². The highest BCUT2D eigenvalue weighted by Gasteiger charge is 2.40. The van der Waals surface area contributed by atoms with Gasteiger partial charge >= 0.3 is 0 Å². The standard InChI is InChI=1S/C15H20N2O5S/c1-16(2)15(18)12-4-3-7-17(12)23(19,20)11-5-6-13-14(10-11)22-9-8-21-13/h5-6,10,12H,3-4,7-9H2,1-2H3/t12-/m1/s1. The van der Waals surface area contributed by atoms with Crippen LogP contribution in [0.25, 0.3) is 0 Å². The van der Waals surface area contributed by atoms with E-state index in [2.05, 4.69) is 0 Å². The molecule has 2 aliphatic rings. The lowest BCUT2D eigenvalue weighted by molar-refractivity contribution is -0.132. The zero-order valence-electron chi connectivity index (χ0n) is 13.2.